The van der Waals surface area contributed by atoms with Crippen LogP contribution in [0.2, 0.25) is 0 Å². The monoisotopic (exact) mass is 449 g/mol. The number of aromatic nitrogens is 2. The second kappa shape index (κ2) is 11.3. The van der Waals surface area contributed by atoms with Crippen molar-refractivity contribution in [2.75, 3.05) is 11.9 Å². The third-order valence-electron chi connectivity index (χ3n) is 4.94. The fraction of sp³-hybridized carbons (Fsp3) is 0.280. The van der Waals surface area contributed by atoms with E-state index < -0.39 is 23.4 Å². The van der Waals surface area contributed by atoms with Crippen molar-refractivity contribution in [3.63, 3.8) is 0 Å². The third kappa shape index (κ3) is 6.93. The Balaban J connectivity index is 1.75. The Morgan fingerprint density at radius 3 is 2.12 bits per heavy atom. The van der Waals surface area contributed by atoms with Crippen LogP contribution in [0, 0.1) is 5.41 Å². The summed E-state index contributed by atoms with van der Waals surface area (Å²) in [6, 6.07) is 19.2. The molecule has 0 aliphatic rings. The highest BCUT2D eigenvalue weighted by atomic mass is 16.5. The number of aromatic carboxylic acids is 1. The maximum atomic E-state index is 13.2. The van der Waals surface area contributed by atoms with Gasteiger partial charge in [0.05, 0.1) is 19.8 Å². The lowest BCUT2D eigenvalue weighted by Gasteiger charge is -2.33. The molecular weight excluding hydrogens is 422 g/mol. The molecule has 0 saturated carbocycles. The zero-order valence-electron chi connectivity index (χ0n) is 18.6. The summed E-state index contributed by atoms with van der Waals surface area (Å²) in [4.78, 5) is 32.4. The van der Waals surface area contributed by atoms with E-state index >= 15 is 0 Å². The number of anilines is 1. The molecule has 0 aliphatic carbocycles. The Bertz CT molecular complexity index is 1060. The van der Waals surface area contributed by atoms with Crippen LogP contribution in [0.4, 0.5) is 5.82 Å². The average molecular weight is 450 g/mol. The number of rotatable bonds is 11. The fourth-order valence-electron chi connectivity index (χ4n) is 3.26. The Labute approximate surface area is 192 Å². The van der Waals surface area contributed by atoms with Crippen LogP contribution in [-0.2, 0) is 27.5 Å². The van der Waals surface area contributed by atoms with Gasteiger partial charge in [-0.1, -0.05) is 74.5 Å². The number of carboxylic acids is 1. The molecule has 2 aromatic carbocycles. The summed E-state index contributed by atoms with van der Waals surface area (Å²) in [5.74, 6) is -1.95. The van der Waals surface area contributed by atoms with Gasteiger partial charge in [0, 0.05) is 17.8 Å². The van der Waals surface area contributed by atoms with Gasteiger partial charge in [0.1, 0.15) is 6.10 Å². The quantitative estimate of drug-likeness (QED) is 0.456. The minimum Gasteiger partial charge on any atom is -0.476 e. The first-order valence-electron chi connectivity index (χ1n) is 10.5. The molecule has 1 atom stereocenters. The van der Waals surface area contributed by atoms with Crippen LogP contribution in [0.1, 0.15) is 35.5 Å². The van der Waals surface area contributed by atoms with Crippen LogP contribution < -0.4 is 5.32 Å². The number of ether oxygens (including phenoxy) is 2. The molecule has 0 aliphatic heterocycles. The summed E-state index contributed by atoms with van der Waals surface area (Å²) in [5.41, 5.74) is 0.845. The zero-order chi connectivity index (χ0) is 23.7. The Morgan fingerprint density at radius 2 is 1.52 bits per heavy atom. The number of hydrogen-bond acceptors (Lipinski definition) is 6. The van der Waals surface area contributed by atoms with E-state index in [0.717, 1.165) is 11.1 Å². The van der Waals surface area contributed by atoms with Gasteiger partial charge in [-0.2, -0.15) is 0 Å². The third-order valence-corrected chi connectivity index (χ3v) is 4.94. The lowest BCUT2D eigenvalue weighted by molar-refractivity contribution is -0.141. The zero-order valence-corrected chi connectivity index (χ0v) is 18.6. The number of carbonyl (C=O) groups excluding carboxylic acids is 1. The predicted octanol–water partition coefficient (Wildman–Crippen LogP) is 3.94. The van der Waals surface area contributed by atoms with Crippen LogP contribution in [-0.4, -0.2) is 39.7 Å². The Morgan fingerprint density at radius 1 is 0.939 bits per heavy atom. The van der Waals surface area contributed by atoms with Crippen LogP contribution >= 0.6 is 0 Å². The Kier molecular flexibility index (Phi) is 8.23. The minimum atomic E-state index is -1.29. The first-order valence-corrected chi connectivity index (χ1v) is 10.5. The number of nitrogens with zero attached hydrogens (tertiary/aromatic N) is 2. The van der Waals surface area contributed by atoms with E-state index in [1.54, 1.807) is 0 Å². The van der Waals surface area contributed by atoms with Crippen LogP contribution in [0.15, 0.2) is 73.1 Å². The van der Waals surface area contributed by atoms with Gasteiger partial charge in [-0.3, -0.25) is 4.79 Å². The molecule has 8 heteroatoms. The summed E-state index contributed by atoms with van der Waals surface area (Å²) in [5, 5.41) is 11.9. The molecule has 2 N–H and O–H groups in total. The van der Waals surface area contributed by atoms with Gasteiger partial charge in [-0.25, -0.2) is 14.8 Å². The molecule has 0 fully saturated rings. The SMILES string of the molecule is CC(C)(COCc1ccccc1)C(OCc1ccccc1)C(=O)Nc1nccnc1C(=O)O. The highest BCUT2D eigenvalue weighted by Crippen LogP contribution is 2.27. The van der Waals surface area contributed by atoms with E-state index in [1.807, 2.05) is 74.5 Å². The largest absolute Gasteiger partial charge is 0.476 e. The van der Waals surface area contributed by atoms with Crippen molar-refractivity contribution in [2.45, 2.75) is 33.2 Å². The normalized spacial score (nSPS) is 12.2. The molecule has 0 saturated heterocycles. The van der Waals surface area contributed by atoms with Crippen molar-refractivity contribution in [3.05, 3.63) is 89.9 Å². The van der Waals surface area contributed by atoms with Gasteiger partial charge in [-0.15, -0.1) is 0 Å². The van der Waals surface area contributed by atoms with Crippen LogP contribution in [0.3, 0.4) is 0 Å². The number of carbonyl (C=O) groups is 2. The van der Waals surface area contributed by atoms with Gasteiger partial charge in [0.2, 0.25) is 0 Å². The van der Waals surface area contributed by atoms with E-state index in [0.29, 0.717) is 6.61 Å². The lowest BCUT2D eigenvalue weighted by atomic mass is 9.86. The van der Waals surface area contributed by atoms with Gasteiger partial charge < -0.3 is 19.9 Å². The maximum Gasteiger partial charge on any atom is 0.358 e. The molecule has 1 aromatic heterocycles. The lowest BCUT2D eigenvalue weighted by Crippen LogP contribution is -2.45. The summed E-state index contributed by atoms with van der Waals surface area (Å²) in [6.07, 6.45) is 1.62. The van der Waals surface area contributed by atoms with Crippen molar-refractivity contribution in [1.82, 2.24) is 9.97 Å². The van der Waals surface area contributed by atoms with E-state index in [1.165, 1.54) is 12.4 Å². The Hall–Kier alpha value is -3.62. The van der Waals surface area contributed by atoms with E-state index in [2.05, 4.69) is 15.3 Å². The predicted molar refractivity (Wildman–Crippen MR) is 123 cm³/mol. The second-order valence-electron chi connectivity index (χ2n) is 8.19. The summed E-state index contributed by atoms with van der Waals surface area (Å²) < 4.78 is 11.9. The molecule has 1 heterocycles. The number of benzene rings is 2. The van der Waals surface area contributed by atoms with E-state index in [-0.39, 0.29) is 24.7 Å². The van der Waals surface area contributed by atoms with E-state index in [4.69, 9.17) is 9.47 Å². The molecule has 172 valence electrons. The molecular formula is C25H27N3O5. The van der Waals surface area contributed by atoms with Gasteiger partial charge in [0.15, 0.2) is 11.5 Å². The average Bonchev–Trinajstić information content (AvgIpc) is 2.80. The van der Waals surface area contributed by atoms with Gasteiger partial charge in [-0.05, 0) is 11.1 Å². The highest BCUT2D eigenvalue weighted by Gasteiger charge is 2.37. The molecule has 33 heavy (non-hydrogen) atoms. The van der Waals surface area contributed by atoms with E-state index in [9.17, 15) is 14.7 Å². The molecule has 1 amide bonds. The van der Waals surface area contributed by atoms with Crippen molar-refractivity contribution < 1.29 is 24.2 Å². The smallest absolute Gasteiger partial charge is 0.358 e. The highest BCUT2D eigenvalue weighted by molar-refractivity contribution is 5.99. The summed E-state index contributed by atoms with van der Waals surface area (Å²) in [6.45, 7) is 4.56. The molecule has 3 rings (SSSR count). The van der Waals surface area contributed by atoms with Gasteiger partial charge in [0.25, 0.3) is 5.91 Å². The molecule has 8 nitrogen and oxygen atoms in total. The van der Waals surface area contributed by atoms with Crippen LogP contribution in [0.25, 0.3) is 0 Å². The molecule has 0 spiro atoms. The molecule has 0 radical (unpaired) electrons. The maximum absolute atomic E-state index is 13.2. The van der Waals surface area contributed by atoms with Crippen molar-refractivity contribution in [1.29, 1.82) is 0 Å². The van der Waals surface area contributed by atoms with Crippen molar-refractivity contribution in [2.24, 2.45) is 5.41 Å². The molecule has 0 bridgehead atoms. The first-order chi connectivity index (χ1) is 15.9. The number of nitrogens with one attached hydrogen (secondary N) is 1. The first kappa shape index (κ1) is 24.0. The standard InChI is InChI=1S/C25H27N3O5/c1-25(2,17-32-15-18-9-5-3-6-10-18)21(33-16-19-11-7-4-8-12-19)23(29)28-22-20(24(30)31)26-13-14-27-22/h3-14,21H,15-17H2,1-2H3,(H,30,31)(H,27,28,29). The summed E-state index contributed by atoms with van der Waals surface area (Å²) >= 11 is 0. The molecule has 1 unspecified atom stereocenters. The minimum absolute atomic E-state index is 0.135. The summed E-state index contributed by atoms with van der Waals surface area (Å²) in [7, 11) is 0. The van der Waals surface area contributed by atoms with Crippen LogP contribution in [0.5, 0.6) is 0 Å². The van der Waals surface area contributed by atoms with Crippen molar-refractivity contribution in [3.8, 4) is 0 Å². The number of hydrogen-bond donors (Lipinski definition) is 2. The van der Waals surface area contributed by atoms with Crippen molar-refractivity contribution >= 4 is 17.7 Å². The fourth-order valence-corrected chi connectivity index (χ4v) is 3.26. The topological polar surface area (TPSA) is 111 Å². The van der Waals surface area contributed by atoms with Gasteiger partial charge >= 0.3 is 5.97 Å². The number of carboxylic acid groups (broad SMARTS) is 1. The second-order valence-corrected chi connectivity index (χ2v) is 8.19. The number of amides is 1. The molecule has 3 aromatic rings.